The highest BCUT2D eigenvalue weighted by atomic mass is 32.3. The highest BCUT2D eigenvalue weighted by molar-refractivity contribution is 8.20. The highest BCUT2D eigenvalue weighted by Crippen LogP contribution is 2.61. The summed E-state index contributed by atoms with van der Waals surface area (Å²) >= 11 is -5.26. The van der Waals surface area contributed by atoms with Crippen LogP contribution in [0.25, 0.3) is 11.1 Å². The van der Waals surface area contributed by atoms with E-state index in [9.17, 15) is 11.7 Å². The van der Waals surface area contributed by atoms with Crippen LogP contribution in [0.1, 0.15) is 22.6 Å². The van der Waals surface area contributed by atoms with Gasteiger partial charge in [-0.15, -0.1) is 11.7 Å². The van der Waals surface area contributed by atoms with Gasteiger partial charge in [-0.05, 0) is 72.5 Å². The molecule has 2 aliphatic rings. The van der Waals surface area contributed by atoms with E-state index in [2.05, 4.69) is 35.3 Å². The molecule has 2 N–H and O–H groups in total. The smallest absolute Gasteiger partial charge is 0.237 e. The van der Waals surface area contributed by atoms with Crippen LogP contribution in [0.15, 0.2) is 89.5 Å². The maximum absolute atomic E-state index is 13.3. The third-order valence-electron chi connectivity index (χ3n) is 6.25. The van der Waals surface area contributed by atoms with Gasteiger partial charge in [0.1, 0.15) is 0 Å². The number of allylic oxidation sites excluding steroid dienone is 1. The van der Waals surface area contributed by atoms with Crippen LogP contribution in [-0.2, 0) is 0 Å². The maximum atomic E-state index is 13.3. The summed E-state index contributed by atoms with van der Waals surface area (Å²) in [6.45, 7) is 3.77. The number of para-hydroxylation sites is 1. The Bertz CT molecular complexity index is 1280. The van der Waals surface area contributed by atoms with E-state index in [1.165, 1.54) is 17.7 Å². The molecule has 0 aromatic heterocycles. The number of fused-ring (bicyclic) bond motifs is 3. The maximum Gasteiger partial charge on any atom is 0.237 e. The fraction of sp³-hybridized carbons (Fsp3) is 0.154. The number of halogens is 3. The summed E-state index contributed by atoms with van der Waals surface area (Å²) in [6, 6.07) is 18.5. The van der Waals surface area contributed by atoms with Gasteiger partial charge in [-0.25, -0.2) is 0 Å². The number of benzene rings is 3. The Morgan fingerprint density at radius 2 is 1.62 bits per heavy atom. The number of nitrogens with two attached hydrogens (primary N) is 1. The topological polar surface area (TPSA) is 29.3 Å². The van der Waals surface area contributed by atoms with Crippen molar-refractivity contribution in [2.75, 3.05) is 4.90 Å². The number of rotatable bonds is 3. The molecule has 0 saturated heterocycles. The molecule has 32 heavy (non-hydrogen) atoms. The second-order valence-electron chi connectivity index (χ2n) is 8.37. The Balaban J connectivity index is 1.71. The van der Waals surface area contributed by atoms with Crippen LogP contribution in [0.4, 0.5) is 23.0 Å². The molecule has 2 atom stereocenters. The van der Waals surface area contributed by atoms with Gasteiger partial charge < -0.3 is 10.6 Å². The van der Waals surface area contributed by atoms with Crippen molar-refractivity contribution < 1.29 is 11.7 Å². The molecule has 1 heterocycles. The number of aryl methyl sites for hydroxylation is 2. The van der Waals surface area contributed by atoms with Gasteiger partial charge in [-0.2, -0.15) is 0 Å². The lowest BCUT2D eigenvalue weighted by Crippen LogP contribution is -2.30. The zero-order valence-electron chi connectivity index (χ0n) is 17.7. The van der Waals surface area contributed by atoms with Gasteiger partial charge in [0.15, 0.2) is 0 Å². The number of nitrogens with zero attached hydrogens (tertiary/aromatic N) is 1. The average Bonchev–Trinajstić information content (AvgIpc) is 3.06. The van der Waals surface area contributed by atoms with E-state index in [4.69, 9.17) is 5.73 Å². The predicted molar refractivity (Wildman–Crippen MR) is 127 cm³/mol. The van der Waals surface area contributed by atoms with Crippen LogP contribution in [0.2, 0.25) is 0 Å². The van der Waals surface area contributed by atoms with Crippen LogP contribution in [0, 0.1) is 13.8 Å². The first-order valence-corrected chi connectivity index (χ1v) is 11.7. The lowest BCUT2D eigenvalue weighted by Gasteiger charge is -2.31. The van der Waals surface area contributed by atoms with E-state index in [1.807, 2.05) is 37.3 Å². The van der Waals surface area contributed by atoms with E-state index >= 15 is 0 Å². The van der Waals surface area contributed by atoms with Gasteiger partial charge in [0, 0.05) is 28.6 Å². The number of hydrogen-bond acceptors (Lipinski definition) is 2. The summed E-state index contributed by atoms with van der Waals surface area (Å²) in [4.78, 5) is 1.73. The molecule has 3 aromatic rings. The van der Waals surface area contributed by atoms with Gasteiger partial charge in [-0.1, -0.05) is 42.5 Å². The first-order valence-electron chi connectivity index (χ1n) is 10.4. The summed E-state index contributed by atoms with van der Waals surface area (Å²) in [5, 5.41) is 0. The summed E-state index contributed by atoms with van der Waals surface area (Å²) < 4.78 is 40.0. The van der Waals surface area contributed by atoms with E-state index in [0.29, 0.717) is 11.3 Å². The predicted octanol–water partition coefficient (Wildman–Crippen LogP) is 7.80. The summed E-state index contributed by atoms with van der Waals surface area (Å²) in [7, 11) is 0. The Hall–Kier alpha value is -3.12. The molecule has 2 nitrogen and oxygen atoms in total. The quantitative estimate of drug-likeness (QED) is 0.439. The van der Waals surface area contributed by atoms with Crippen LogP contribution >= 0.6 is 11.2 Å². The minimum Gasteiger partial charge on any atom is -0.399 e. The minimum atomic E-state index is -5.26. The van der Waals surface area contributed by atoms with Crippen molar-refractivity contribution >= 4 is 22.6 Å². The zero-order chi connectivity index (χ0) is 22.6. The van der Waals surface area contributed by atoms with E-state index in [1.54, 1.807) is 13.0 Å². The molecule has 6 heteroatoms. The summed E-state index contributed by atoms with van der Waals surface area (Å²) in [5.41, 5.74) is 13.6. The van der Waals surface area contributed by atoms with Crippen molar-refractivity contribution in [3.8, 4) is 11.1 Å². The molecule has 5 rings (SSSR count). The van der Waals surface area contributed by atoms with Crippen molar-refractivity contribution in [1.29, 1.82) is 0 Å². The molecule has 164 valence electrons. The number of hydrogen-bond donors (Lipinski definition) is 1. The zero-order valence-corrected chi connectivity index (χ0v) is 18.5. The molecular weight excluding hydrogens is 429 g/mol. The third kappa shape index (κ3) is 3.39. The summed E-state index contributed by atoms with van der Waals surface area (Å²) in [5.74, 6) is 0.171. The van der Waals surface area contributed by atoms with E-state index < -0.39 is 16.1 Å². The largest absolute Gasteiger partial charge is 0.399 e. The van der Waals surface area contributed by atoms with Gasteiger partial charge in [-0.3, -0.25) is 0 Å². The molecule has 0 spiro atoms. The first kappa shape index (κ1) is 20.8. The molecule has 0 bridgehead atoms. The fourth-order valence-electron chi connectivity index (χ4n) is 4.80. The van der Waals surface area contributed by atoms with Crippen molar-refractivity contribution in [2.24, 2.45) is 5.73 Å². The molecular formula is C26H23F3N2S. The SMILES string of the molecule is Cc1ccc(-c2ccc(S(F)(F)F)cc2C)c(N2c3ccccc3C3C=CC(N)=CC32)c1. The van der Waals surface area contributed by atoms with Crippen LogP contribution in [-0.4, -0.2) is 6.04 Å². The van der Waals surface area contributed by atoms with Gasteiger partial charge in [0.2, 0.25) is 11.2 Å². The normalized spacial score (nSPS) is 20.0. The molecule has 2 unspecified atom stereocenters. The molecule has 3 aromatic carbocycles. The Morgan fingerprint density at radius 1 is 0.875 bits per heavy atom. The van der Waals surface area contributed by atoms with Crippen molar-refractivity contribution in [3.63, 3.8) is 0 Å². The lowest BCUT2D eigenvalue weighted by atomic mass is 9.90. The first-order chi connectivity index (χ1) is 15.2. The third-order valence-corrected chi connectivity index (χ3v) is 7.04. The average molecular weight is 453 g/mol. The monoisotopic (exact) mass is 452 g/mol. The Labute approximate surface area is 188 Å². The highest BCUT2D eigenvalue weighted by Gasteiger charge is 2.39. The number of anilines is 2. The molecule has 0 amide bonds. The molecule has 0 saturated carbocycles. The molecule has 1 aliphatic heterocycles. The van der Waals surface area contributed by atoms with Crippen LogP contribution in [0.5, 0.6) is 0 Å². The molecule has 0 radical (unpaired) electrons. The summed E-state index contributed by atoms with van der Waals surface area (Å²) in [6.07, 6.45) is 6.15. The standard InChI is InChI=1S/C26H23F3N2S/c1-16-7-10-22(20-12-9-19(14-17(20)2)32(27,28)29)25(13-16)31-24-6-4-3-5-21(24)23-11-8-18(30)15-26(23)31/h3-15,23,26H,30H2,1-2H3. The Morgan fingerprint density at radius 3 is 2.38 bits per heavy atom. The van der Waals surface area contributed by atoms with Crippen molar-refractivity contribution in [2.45, 2.75) is 30.7 Å². The fourth-order valence-corrected chi connectivity index (χ4v) is 5.33. The van der Waals surface area contributed by atoms with Crippen LogP contribution < -0.4 is 10.6 Å². The van der Waals surface area contributed by atoms with E-state index in [-0.39, 0.29) is 12.0 Å². The minimum absolute atomic E-state index is 0.0112. The molecule has 1 aliphatic carbocycles. The van der Waals surface area contributed by atoms with E-state index in [0.717, 1.165) is 28.1 Å². The second kappa shape index (κ2) is 7.48. The van der Waals surface area contributed by atoms with Gasteiger partial charge in [0.25, 0.3) is 0 Å². The van der Waals surface area contributed by atoms with Gasteiger partial charge in [0.05, 0.1) is 10.9 Å². The van der Waals surface area contributed by atoms with Gasteiger partial charge >= 0.3 is 0 Å². The molecule has 0 fully saturated rings. The Kier molecular flexibility index (Phi) is 4.86. The second-order valence-corrected chi connectivity index (χ2v) is 9.66. The van der Waals surface area contributed by atoms with Crippen molar-refractivity contribution in [1.82, 2.24) is 0 Å². The van der Waals surface area contributed by atoms with Crippen molar-refractivity contribution in [3.05, 3.63) is 101 Å². The van der Waals surface area contributed by atoms with Crippen LogP contribution in [0.3, 0.4) is 0 Å². The lowest BCUT2D eigenvalue weighted by molar-refractivity contribution is 0.633.